The molecule has 0 aliphatic carbocycles. The summed E-state index contributed by atoms with van der Waals surface area (Å²) in [5, 5.41) is 1.45. The molecule has 6 heteroatoms. The summed E-state index contributed by atoms with van der Waals surface area (Å²) < 4.78 is 0. The molecule has 0 saturated carbocycles. The first-order chi connectivity index (χ1) is 9.04. The van der Waals surface area contributed by atoms with E-state index >= 15 is 0 Å². The van der Waals surface area contributed by atoms with Crippen molar-refractivity contribution in [3.8, 4) is 0 Å². The van der Waals surface area contributed by atoms with Gasteiger partial charge in [-0.25, -0.2) is 5.43 Å². The minimum atomic E-state index is -0.640. The number of fused-ring (bicyclic) bond motifs is 1. The fraction of sp³-hybridized carbons (Fsp3) is 0.385. The second kappa shape index (κ2) is 5.63. The third kappa shape index (κ3) is 2.74. The van der Waals surface area contributed by atoms with Crippen LogP contribution in [0.1, 0.15) is 21.5 Å². The molecule has 0 bridgehead atoms. The fourth-order valence-electron chi connectivity index (χ4n) is 2.21. The number of aryl methyl sites for hydroxylation is 1. The minimum absolute atomic E-state index is 0.127. The van der Waals surface area contributed by atoms with E-state index in [2.05, 4.69) is 18.1 Å². The first-order valence-electron chi connectivity index (χ1n) is 6.11. The summed E-state index contributed by atoms with van der Waals surface area (Å²) in [7, 11) is 0. The van der Waals surface area contributed by atoms with Gasteiger partial charge in [-0.3, -0.25) is 14.6 Å². The maximum absolute atomic E-state index is 12.3. The van der Waals surface area contributed by atoms with Crippen molar-refractivity contribution in [3.63, 3.8) is 0 Å². The number of rotatable bonds is 4. The summed E-state index contributed by atoms with van der Waals surface area (Å²) in [5.74, 6) is -0.393. The van der Waals surface area contributed by atoms with E-state index in [1.165, 1.54) is 5.01 Å². The van der Waals surface area contributed by atoms with E-state index in [4.69, 9.17) is 5.73 Å². The molecule has 0 fully saturated rings. The Bertz CT molecular complexity index is 519. The molecule has 1 atom stereocenters. The van der Waals surface area contributed by atoms with Crippen LogP contribution in [0.15, 0.2) is 18.2 Å². The predicted octanol–water partition coefficient (Wildman–Crippen LogP) is 0.282. The standard InChI is InChI=1S/C13H17N3O2S/c1-8-3-2-4-10-9(8)5-6-16(13(10)18)15-11(7-19)12(14)17/h2-4,11,15,19H,5-7H2,1H3,(H2,14,17)/t11-/m0/s1. The number of carbonyl (C=O) groups excluding carboxylic acids is 2. The second-order valence-electron chi connectivity index (χ2n) is 4.57. The molecule has 0 saturated heterocycles. The molecule has 2 rings (SSSR count). The van der Waals surface area contributed by atoms with Crippen molar-refractivity contribution < 1.29 is 9.59 Å². The molecular weight excluding hydrogens is 262 g/mol. The zero-order valence-corrected chi connectivity index (χ0v) is 11.6. The molecule has 0 unspecified atom stereocenters. The highest BCUT2D eigenvalue weighted by Gasteiger charge is 2.27. The third-order valence-electron chi connectivity index (χ3n) is 3.31. The Morgan fingerprint density at radius 3 is 2.95 bits per heavy atom. The quantitative estimate of drug-likeness (QED) is 0.693. The van der Waals surface area contributed by atoms with Gasteiger partial charge in [-0.05, 0) is 30.5 Å². The van der Waals surface area contributed by atoms with Crippen LogP contribution in [-0.4, -0.2) is 35.2 Å². The lowest BCUT2D eigenvalue weighted by Crippen LogP contribution is -2.55. The largest absolute Gasteiger partial charge is 0.368 e. The Balaban J connectivity index is 2.20. The Kier molecular flexibility index (Phi) is 4.11. The van der Waals surface area contributed by atoms with Gasteiger partial charge in [-0.1, -0.05) is 12.1 Å². The number of nitrogens with zero attached hydrogens (tertiary/aromatic N) is 1. The number of primary amides is 1. The van der Waals surface area contributed by atoms with Gasteiger partial charge in [-0.2, -0.15) is 12.6 Å². The normalized spacial score (nSPS) is 16.1. The topological polar surface area (TPSA) is 75.4 Å². The van der Waals surface area contributed by atoms with E-state index in [1.54, 1.807) is 6.07 Å². The Morgan fingerprint density at radius 1 is 1.58 bits per heavy atom. The first kappa shape index (κ1) is 13.9. The first-order valence-corrected chi connectivity index (χ1v) is 6.74. The van der Waals surface area contributed by atoms with Crippen molar-refractivity contribution in [1.29, 1.82) is 0 Å². The SMILES string of the molecule is Cc1cccc2c1CCN(N[C@@H](CS)C(N)=O)C2=O. The van der Waals surface area contributed by atoms with Gasteiger partial charge in [0.1, 0.15) is 6.04 Å². The number of hydrazine groups is 1. The maximum Gasteiger partial charge on any atom is 0.268 e. The molecule has 1 aliphatic rings. The number of carbonyl (C=O) groups is 2. The summed E-state index contributed by atoms with van der Waals surface area (Å²) in [4.78, 5) is 23.5. The van der Waals surface area contributed by atoms with E-state index in [-0.39, 0.29) is 11.7 Å². The molecule has 0 radical (unpaired) electrons. The predicted molar refractivity (Wildman–Crippen MR) is 75.9 cm³/mol. The molecule has 1 aliphatic heterocycles. The number of hydrogen-bond acceptors (Lipinski definition) is 4. The van der Waals surface area contributed by atoms with Gasteiger partial charge < -0.3 is 5.73 Å². The van der Waals surface area contributed by atoms with Crippen LogP contribution in [0.2, 0.25) is 0 Å². The lowest BCUT2D eigenvalue weighted by molar-refractivity contribution is -0.120. The van der Waals surface area contributed by atoms with Crippen molar-refractivity contribution >= 4 is 24.4 Å². The van der Waals surface area contributed by atoms with Crippen LogP contribution in [0, 0.1) is 6.92 Å². The Labute approximate surface area is 117 Å². The average molecular weight is 279 g/mol. The second-order valence-corrected chi connectivity index (χ2v) is 4.94. The van der Waals surface area contributed by atoms with Gasteiger partial charge >= 0.3 is 0 Å². The number of hydrogen-bond donors (Lipinski definition) is 3. The number of amides is 2. The Hall–Kier alpha value is -1.53. The van der Waals surface area contributed by atoms with Gasteiger partial charge in [0.05, 0.1) is 0 Å². The van der Waals surface area contributed by atoms with Crippen LogP contribution >= 0.6 is 12.6 Å². The highest BCUT2D eigenvalue weighted by Crippen LogP contribution is 2.21. The summed E-state index contributed by atoms with van der Waals surface area (Å²) in [6.07, 6.45) is 0.763. The highest BCUT2D eigenvalue weighted by molar-refractivity contribution is 7.80. The van der Waals surface area contributed by atoms with Gasteiger partial charge in [-0.15, -0.1) is 0 Å². The van der Waals surface area contributed by atoms with Crippen LogP contribution in [-0.2, 0) is 11.2 Å². The zero-order chi connectivity index (χ0) is 14.0. The fourth-order valence-corrected chi connectivity index (χ4v) is 2.47. The Morgan fingerprint density at radius 2 is 2.32 bits per heavy atom. The van der Waals surface area contributed by atoms with Gasteiger partial charge in [0.15, 0.2) is 0 Å². The molecule has 3 N–H and O–H groups in total. The molecular formula is C13H17N3O2S. The molecule has 1 aromatic rings. The third-order valence-corrected chi connectivity index (χ3v) is 3.67. The zero-order valence-electron chi connectivity index (χ0n) is 10.7. The summed E-state index contributed by atoms with van der Waals surface area (Å²) in [6.45, 7) is 2.52. The van der Waals surface area contributed by atoms with Gasteiger partial charge in [0.25, 0.3) is 5.91 Å². The number of benzene rings is 1. The molecule has 102 valence electrons. The lowest BCUT2D eigenvalue weighted by Gasteiger charge is -2.31. The van der Waals surface area contributed by atoms with E-state index in [1.807, 2.05) is 19.1 Å². The summed E-state index contributed by atoms with van der Waals surface area (Å²) in [6, 6.07) is 5.02. The van der Waals surface area contributed by atoms with Crippen LogP contribution in [0.3, 0.4) is 0 Å². The van der Waals surface area contributed by atoms with Crippen molar-refractivity contribution in [2.24, 2.45) is 5.73 Å². The maximum atomic E-state index is 12.3. The van der Waals surface area contributed by atoms with E-state index in [9.17, 15) is 9.59 Å². The number of thiol groups is 1. The smallest absolute Gasteiger partial charge is 0.268 e. The average Bonchev–Trinajstić information content (AvgIpc) is 2.38. The van der Waals surface area contributed by atoms with E-state index < -0.39 is 11.9 Å². The highest BCUT2D eigenvalue weighted by atomic mass is 32.1. The molecule has 1 aromatic carbocycles. The van der Waals surface area contributed by atoms with Gasteiger partial charge in [0, 0.05) is 17.9 Å². The summed E-state index contributed by atoms with van der Waals surface area (Å²) >= 11 is 4.05. The van der Waals surface area contributed by atoms with Gasteiger partial charge in [0.2, 0.25) is 5.91 Å². The van der Waals surface area contributed by atoms with Crippen molar-refractivity contribution in [1.82, 2.24) is 10.4 Å². The molecule has 1 heterocycles. The van der Waals surface area contributed by atoms with Crippen molar-refractivity contribution in [2.45, 2.75) is 19.4 Å². The van der Waals surface area contributed by atoms with Crippen LogP contribution in [0.5, 0.6) is 0 Å². The minimum Gasteiger partial charge on any atom is -0.368 e. The van der Waals surface area contributed by atoms with Crippen molar-refractivity contribution in [3.05, 3.63) is 34.9 Å². The molecule has 0 aromatic heterocycles. The molecule has 2 amide bonds. The molecule has 5 nitrogen and oxygen atoms in total. The van der Waals surface area contributed by atoms with Crippen LogP contribution in [0.25, 0.3) is 0 Å². The number of nitrogens with two attached hydrogens (primary N) is 1. The van der Waals surface area contributed by atoms with E-state index in [0.717, 1.165) is 17.5 Å². The lowest BCUT2D eigenvalue weighted by atomic mass is 9.95. The molecule has 0 spiro atoms. The van der Waals surface area contributed by atoms with E-state index in [0.29, 0.717) is 12.1 Å². The monoisotopic (exact) mass is 279 g/mol. The molecule has 19 heavy (non-hydrogen) atoms. The van der Waals surface area contributed by atoms with Crippen molar-refractivity contribution in [2.75, 3.05) is 12.3 Å². The summed E-state index contributed by atoms with van der Waals surface area (Å²) in [5.41, 5.74) is 11.0. The number of nitrogens with one attached hydrogen (secondary N) is 1. The van der Waals surface area contributed by atoms with Crippen LogP contribution in [0.4, 0.5) is 0 Å². The van der Waals surface area contributed by atoms with Crippen LogP contribution < -0.4 is 11.2 Å².